The van der Waals surface area contributed by atoms with Gasteiger partial charge in [0.2, 0.25) is 0 Å². The first-order valence-electron chi connectivity index (χ1n) is 9.44. The molecular formula is C21H26FN3O2. The number of piperidine rings is 1. The van der Waals surface area contributed by atoms with Crippen LogP contribution in [0.3, 0.4) is 0 Å². The third-order valence-corrected chi connectivity index (χ3v) is 5.28. The largest absolute Gasteiger partial charge is 0.480 e. The van der Waals surface area contributed by atoms with Crippen LogP contribution in [0.5, 0.6) is 0 Å². The third-order valence-electron chi connectivity index (χ3n) is 5.28. The molecule has 6 heteroatoms. The van der Waals surface area contributed by atoms with Gasteiger partial charge in [0, 0.05) is 30.5 Å². The highest BCUT2D eigenvalue weighted by Crippen LogP contribution is 2.24. The Hall–Kier alpha value is -2.31. The summed E-state index contributed by atoms with van der Waals surface area (Å²) in [4.78, 5) is 19.2. The fourth-order valence-electron chi connectivity index (χ4n) is 3.76. The molecule has 1 aliphatic rings. The van der Waals surface area contributed by atoms with Crippen molar-refractivity contribution < 1.29 is 14.3 Å². The summed E-state index contributed by atoms with van der Waals surface area (Å²) < 4.78 is 14.6. The fourth-order valence-corrected chi connectivity index (χ4v) is 3.76. The highest BCUT2D eigenvalue weighted by molar-refractivity contribution is 5.69. The number of hydrogen-bond acceptors (Lipinski definition) is 4. The molecule has 1 aliphatic heterocycles. The van der Waals surface area contributed by atoms with Crippen molar-refractivity contribution >= 4 is 5.97 Å². The lowest BCUT2D eigenvalue weighted by Crippen LogP contribution is -2.46. The maximum Gasteiger partial charge on any atom is 0.317 e. The Morgan fingerprint density at radius 2 is 1.93 bits per heavy atom. The van der Waals surface area contributed by atoms with Crippen LogP contribution >= 0.6 is 0 Å². The van der Waals surface area contributed by atoms with Gasteiger partial charge in [-0.15, -0.1) is 0 Å². The van der Waals surface area contributed by atoms with E-state index in [1.165, 1.54) is 0 Å². The zero-order valence-electron chi connectivity index (χ0n) is 15.6. The zero-order valence-corrected chi connectivity index (χ0v) is 15.6. The number of benzene rings is 1. The van der Waals surface area contributed by atoms with Crippen molar-refractivity contribution in [1.29, 1.82) is 0 Å². The molecule has 1 aromatic carbocycles. The zero-order chi connectivity index (χ0) is 19.2. The number of likely N-dealkylation sites (tertiary alicyclic amines) is 1. The number of nitrogens with zero attached hydrogens (tertiary/aromatic N) is 3. The van der Waals surface area contributed by atoms with E-state index in [2.05, 4.69) is 9.88 Å². The van der Waals surface area contributed by atoms with Gasteiger partial charge in [-0.3, -0.25) is 19.6 Å². The molecule has 0 aliphatic carbocycles. The number of halogens is 1. The van der Waals surface area contributed by atoms with Gasteiger partial charge in [-0.2, -0.15) is 0 Å². The predicted molar refractivity (Wildman–Crippen MR) is 103 cm³/mol. The molecule has 5 nitrogen and oxygen atoms in total. The average molecular weight is 371 g/mol. The van der Waals surface area contributed by atoms with Gasteiger partial charge in [-0.05, 0) is 61.8 Å². The lowest BCUT2D eigenvalue weighted by molar-refractivity contribution is -0.139. The SMILES string of the molecule is CCN(CC(=O)O)C1CCN(Cc2ccc(-c3ccncc3)cc2F)CC1. The molecule has 0 atom stereocenters. The first kappa shape index (κ1) is 19.5. The van der Waals surface area contributed by atoms with Crippen LogP contribution in [0.25, 0.3) is 11.1 Å². The van der Waals surface area contributed by atoms with Crippen molar-refractivity contribution in [3.05, 3.63) is 54.1 Å². The van der Waals surface area contributed by atoms with Crippen LogP contribution in [0, 0.1) is 5.82 Å². The number of carbonyl (C=O) groups is 1. The molecule has 2 aromatic rings. The van der Waals surface area contributed by atoms with Crippen LogP contribution in [0.4, 0.5) is 4.39 Å². The topological polar surface area (TPSA) is 56.7 Å². The van der Waals surface area contributed by atoms with Crippen molar-refractivity contribution in [3.63, 3.8) is 0 Å². The maximum atomic E-state index is 14.6. The highest BCUT2D eigenvalue weighted by Gasteiger charge is 2.25. The molecule has 0 amide bonds. The summed E-state index contributed by atoms with van der Waals surface area (Å²) in [5, 5.41) is 9.03. The van der Waals surface area contributed by atoms with E-state index < -0.39 is 5.97 Å². The van der Waals surface area contributed by atoms with E-state index in [0.717, 1.165) is 43.6 Å². The number of aromatic nitrogens is 1. The molecule has 1 N–H and O–H groups in total. The molecule has 1 saturated heterocycles. The van der Waals surface area contributed by atoms with E-state index in [1.807, 2.05) is 36.1 Å². The van der Waals surface area contributed by atoms with Gasteiger partial charge < -0.3 is 5.11 Å². The Morgan fingerprint density at radius 3 is 2.52 bits per heavy atom. The number of carboxylic acid groups (broad SMARTS) is 1. The van der Waals surface area contributed by atoms with E-state index in [9.17, 15) is 9.18 Å². The van der Waals surface area contributed by atoms with E-state index in [-0.39, 0.29) is 12.4 Å². The minimum atomic E-state index is -0.782. The Labute approximate surface area is 159 Å². The van der Waals surface area contributed by atoms with Gasteiger partial charge in [-0.1, -0.05) is 19.1 Å². The molecule has 144 valence electrons. The van der Waals surface area contributed by atoms with Crippen LogP contribution < -0.4 is 0 Å². The number of likely N-dealkylation sites (N-methyl/N-ethyl adjacent to an activating group) is 1. The second-order valence-electron chi connectivity index (χ2n) is 7.01. The van der Waals surface area contributed by atoms with Gasteiger partial charge >= 0.3 is 5.97 Å². The van der Waals surface area contributed by atoms with Crippen molar-refractivity contribution in [2.45, 2.75) is 32.4 Å². The minimum absolute atomic E-state index is 0.0895. The van der Waals surface area contributed by atoms with Gasteiger partial charge in [0.1, 0.15) is 5.82 Å². The summed E-state index contributed by atoms with van der Waals surface area (Å²) in [6.07, 6.45) is 5.24. The normalized spacial score (nSPS) is 16.0. The highest BCUT2D eigenvalue weighted by atomic mass is 19.1. The Kier molecular flexibility index (Phi) is 6.53. The summed E-state index contributed by atoms with van der Waals surface area (Å²) in [5.41, 5.74) is 2.50. The number of hydrogen-bond donors (Lipinski definition) is 1. The number of pyridine rings is 1. The molecular weight excluding hydrogens is 345 g/mol. The molecule has 1 fully saturated rings. The Balaban J connectivity index is 1.58. The Morgan fingerprint density at radius 1 is 1.22 bits per heavy atom. The first-order chi connectivity index (χ1) is 13.1. The van der Waals surface area contributed by atoms with E-state index in [4.69, 9.17) is 5.11 Å². The van der Waals surface area contributed by atoms with Crippen molar-refractivity contribution in [2.24, 2.45) is 0 Å². The summed E-state index contributed by atoms with van der Waals surface area (Å²) in [6.45, 7) is 5.11. The molecule has 0 saturated carbocycles. The molecule has 0 bridgehead atoms. The summed E-state index contributed by atoms with van der Waals surface area (Å²) in [7, 11) is 0. The molecule has 27 heavy (non-hydrogen) atoms. The van der Waals surface area contributed by atoms with E-state index >= 15 is 0 Å². The van der Waals surface area contributed by atoms with Gasteiger partial charge in [0.15, 0.2) is 0 Å². The van der Waals surface area contributed by atoms with E-state index in [1.54, 1.807) is 18.5 Å². The Bertz CT molecular complexity index is 761. The van der Waals surface area contributed by atoms with Crippen molar-refractivity contribution in [2.75, 3.05) is 26.2 Å². The van der Waals surface area contributed by atoms with Gasteiger partial charge in [-0.25, -0.2) is 4.39 Å². The second kappa shape index (κ2) is 9.06. The quantitative estimate of drug-likeness (QED) is 0.810. The monoisotopic (exact) mass is 371 g/mol. The van der Waals surface area contributed by atoms with Crippen LogP contribution in [-0.4, -0.2) is 58.1 Å². The number of aliphatic carboxylic acids is 1. The second-order valence-corrected chi connectivity index (χ2v) is 7.01. The summed E-state index contributed by atoms with van der Waals surface area (Å²) in [5.74, 6) is -0.969. The summed E-state index contributed by atoms with van der Waals surface area (Å²) in [6, 6.07) is 9.43. The predicted octanol–water partition coefficient (Wildman–Crippen LogP) is 3.26. The van der Waals surface area contributed by atoms with Crippen LogP contribution in [0.2, 0.25) is 0 Å². The fraction of sp³-hybridized carbons (Fsp3) is 0.429. The van der Waals surface area contributed by atoms with Crippen LogP contribution in [0.15, 0.2) is 42.7 Å². The van der Waals surface area contributed by atoms with E-state index in [0.29, 0.717) is 18.2 Å². The standard InChI is InChI=1S/C21H26FN3O2/c1-2-25(15-21(26)27)19-7-11-24(12-8-19)14-18-4-3-17(13-20(18)22)16-5-9-23-10-6-16/h3-6,9-10,13,19H,2,7-8,11-12,14-15H2,1H3,(H,26,27). The van der Waals surface area contributed by atoms with Crippen LogP contribution in [0.1, 0.15) is 25.3 Å². The van der Waals surface area contributed by atoms with Crippen molar-refractivity contribution in [3.8, 4) is 11.1 Å². The maximum absolute atomic E-state index is 14.6. The minimum Gasteiger partial charge on any atom is -0.480 e. The molecule has 0 radical (unpaired) electrons. The summed E-state index contributed by atoms with van der Waals surface area (Å²) >= 11 is 0. The van der Waals surface area contributed by atoms with Gasteiger partial charge in [0.25, 0.3) is 0 Å². The number of carboxylic acids is 1. The molecule has 2 heterocycles. The molecule has 3 rings (SSSR count). The number of rotatable bonds is 7. The van der Waals surface area contributed by atoms with Crippen LogP contribution in [-0.2, 0) is 11.3 Å². The third kappa shape index (κ3) is 5.11. The smallest absolute Gasteiger partial charge is 0.317 e. The van der Waals surface area contributed by atoms with Crippen molar-refractivity contribution in [1.82, 2.24) is 14.8 Å². The average Bonchev–Trinajstić information content (AvgIpc) is 2.69. The first-order valence-corrected chi connectivity index (χ1v) is 9.44. The molecule has 1 aromatic heterocycles. The van der Waals surface area contributed by atoms with Gasteiger partial charge in [0.05, 0.1) is 6.54 Å². The molecule has 0 unspecified atom stereocenters. The lowest BCUT2D eigenvalue weighted by Gasteiger charge is -2.37. The molecule has 0 spiro atoms. The lowest BCUT2D eigenvalue weighted by atomic mass is 10.0.